The molecule has 0 unspecified atom stereocenters. The summed E-state index contributed by atoms with van der Waals surface area (Å²) < 4.78 is 0.718. The molecule has 0 bridgehead atoms. The minimum atomic E-state index is 0.718. The molecule has 1 N–H and O–H groups in total. The van der Waals surface area contributed by atoms with E-state index in [2.05, 4.69) is 48.1 Å². The van der Waals surface area contributed by atoms with Crippen LogP contribution in [0.4, 0.5) is 0 Å². The van der Waals surface area contributed by atoms with Crippen molar-refractivity contribution in [2.45, 2.75) is 37.8 Å². The molecule has 2 rings (SSSR count). The van der Waals surface area contributed by atoms with Crippen LogP contribution in [0.2, 0.25) is 0 Å². The van der Waals surface area contributed by atoms with Crippen LogP contribution in [0.3, 0.4) is 0 Å². The van der Waals surface area contributed by atoms with Crippen molar-refractivity contribution in [3.05, 3.63) is 51.6 Å². The maximum atomic E-state index is 5.31. The van der Waals surface area contributed by atoms with Gasteiger partial charge in [0.25, 0.3) is 0 Å². The number of hydrogen-bond acceptors (Lipinski definition) is 3. The van der Waals surface area contributed by atoms with E-state index in [1.54, 1.807) is 11.8 Å². The van der Waals surface area contributed by atoms with Crippen molar-refractivity contribution in [2.24, 2.45) is 0 Å². The molecule has 0 saturated heterocycles. The number of aromatic nitrogens is 2. The normalized spacial score (nSPS) is 10.7. The number of benzene rings is 1. The molecule has 2 aromatic rings. The summed E-state index contributed by atoms with van der Waals surface area (Å²) in [6, 6.07) is 8.51. The van der Waals surface area contributed by atoms with Gasteiger partial charge in [-0.05, 0) is 32.4 Å². The predicted molar refractivity (Wildman–Crippen MR) is 84.3 cm³/mol. The summed E-state index contributed by atoms with van der Waals surface area (Å²) in [5, 5.41) is 0. The van der Waals surface area contributed by atoms with Gasteiger partial charge in [-0.25, -0.2) is 4.98 Å². The summed E-state index contributed by atoms with van der Waals surface area (Å²) >= 11 is 7.09. The summed E-state index contributed by atoms with van der Waals surface area (Å²) in [7, 11) is 0. The Hall–Kier alpha value is -1.13. The van der Waals surface area contributed by atoms with Gasteiger partial charge in [0.2, 0.25) is 0 Å². The fourth-order valence-corrected chi connectivity index (χ4v) is 3.03. The number of nitrogens with zero attached hydrogens (tertiary/aromatic N) is 1. The van der Waals surface area contributed by atoms with Gasteiger partial charge >= 0.3 is 0 Å². The first-order valence-corrected chi connectivity index (χ1v) is 7.77. The van der Waals surface area contributed by atoms with Gasteiger partial charge in [-0.15, -0.1) is 11.8 Å². The summed E-state index contributed by atoms with van der Waals surface area (Å²) in [4.78, 5) is 9.11. The second kappa shape index (κ2) is 6.35. The molecule has 4 heteroatoms. The zero-order chi connectivity index (χ0) is 13.8. The van der Waals surface area contributed by atoms with Gasteiger partial charge < -0.3 is 4.98 Å². The predicted octanol–water partition coefficient (Wildman–Crippen LogP) is 4.61. The molecule has 19 heavy (non-hydrogen) atoms. The first-order chi connectivity index (χ1) is 9.10. The number of thioether (sulfide) groups is 1. The molecule has 0 radical (unpaired) electrons. The van der Waals surface area contributed by atoms with Crippen LogP contribution in [0, 0.1) is 18.5 Å². The van der Waals surface area contributed by atoms with Crippen LogP contribution in [0.1, 0.15) is 29.6 Å². The molecule has 0 aliphatic carbocycles. The third-order valence-corrected chi connectivity index (χ3v) is 4.43. The van der Waals surface area contributed by atoms with Crippen LogP contribution in [-0.2, 0) is 12.2 Å². The van der Waals surface area contributed by atoms with Crippen LogP contribution in [0.5, 0.6) is 0 Å². The Balaban J connectivity index is 2.16. The van der Waals surface area contributed by atoms with Gasteiger partial charge in [-0.1, -0.05) is 36.8 Å². The number of nitrogens with one attached hydrogen (secondary N) is 1. The van der Waals surface area contributed by atoms with E-state index in [4.69, 9.17) is 12.2 Å². The van der Waals surface area contributed by atoms with Crippen molar-refractivity contribution in [2.75, 3.05) is 0 Å². The van der Waals surface area contributed by atoms with Crippen LogP contribution >= 0.6 is 24.0 Å². The van der Waals surface area contributed by atoms with Crippen LogP contribution < -0.4 is 0 Å². The highest BCUT2D eigenvalue weighted by molar-refractivity contribution is 7.98. The molecular formula is C15H18N2S2. The average molecular weight is 290 g/mol. The zero-order valence-corrected chi connectivity index (χ0v) is 13.1. The van der Waals surface area contributed by atoms with E-state index in [-0.39, 0.29) is 0 Å². The Morgan fingerprint density at radius 1 is 1.32 bits per heavy atom. The molecule has 0 aliphatic heterocycles. The number of rotatable bonds is 4. The first kappa shape index (κ1) is 14.3. The SMILES string of the molecule is CCc1[nH]c(CSc2cccc(C)c2)nc(=S)c1C. The molecule has 1 aromatic heterocycles. The summed E-state index contributed by atoms with van der Waals surface area (Å²) in [6.07, 6.45) is 0.958. The third kappa shape index (κ3) is 3.67. The largest absolute Gasteiger partial charge is 0.346 e. The lowest BCUT2D eigenvalue weighted by molar-refractivity contribution is 0.910. The summed E-state index contributed by atoms with van der Waals surface area (Å²) in [5.74, 6) is 1.78. The molecule has 1 aromatic carbocycles. The van der Waals surface area contributed by atoms with Gasteiger partial charge in [0.15, 0.2) is 0 Å². The van der Waals surface area contributed by atoms with E-state index >= 15 is 0 Å². The van der Waals surface area contributed by atoms with E-state index in [0.29, 0.717) is 0 Å². The van der Waals surface area contributed by atoms with Gasteiger partial charge in [-0.3, -0.25) is 0 Å². The van der Waals surface area contributed by atoms with Crippen molar-refractivity contribution >= 4 is 24.0 Å². The zero-order valence-electron chi connectivity index (χ0n) is 11.5. The van der Waals surface area contributed by atoms with E-state index in [0.717, 1.165) is 28.2 Å². The molecule has 0 saturated carbocycles. The van der Waals surface area contributed by atoms with Gasteiger partial charge in [-0.2, -0.15) is 0 Å². The number of hydrogen-bond donors (Lipinski definition) is 1. The molecule has 1 heterocycles. The van der Waals surface area contributed by atoms with Gasteiger partial charge in [0, 0.05) is 16.2 Å². The molecule has 100 valence electrons. The second-order valence-corrected chi connectivity index (χ2v) is 5.99. The molecule has 2 nitrogen and oxygen atoms in total. The lowest BCUT2D eigenvalue weighted by Crippen LogP contribution is -2.01. The molecule has 0 amide bonds. The average Bonchev–Trinajstić information content (AvgIpc) is 2.40. The Bertz CT molecular complexity index is 632. The van der Waals surface area contributed by atoms with Crippen molar-refractivity contribution in [1.82, 2.24) is 9.97 Å². The van der Waals surface area contributed by atoms with E-state index in [1.165, 1.54) is 16.2 Å². The lowest BCUT2D eigenvalue weighted by Gasteiger charge is -2.08. The maximum absolute atomic E-state index is 5.31. The van der Waals surface area contributed by atoms with Crippen LogP contribution in [0.15, 0.2) is 29.2 Å². The second-order valence-electron chi connectivity index (χ2n) is 4.55. The van der Waals surface area contributed by atoms with E-state index in [9.17, 15) is 0 Å². The van der Waals surface area contributed by atoms with Crippen molar-refractivity contribution in [1.29, 1.82) is 0 Å². The van der Waals surface area contributed by atoms with E-state index in [1.807, 2.05) is 6.92 Å². The third-order valence-electron chi connectivity index (χ3n) is 3.02. The quantitative estimate of drug-likeness (QED) is 0.658. The summed E-state index contributed by atoms with van der Waals surface area (Å²) in [5.41, 5.74) is 3.57. The Morgan fingerprint density at radius 3 is 2.79 bits per heavy atom. The molecule has 0 atom stereocenters. The van der Waals surface area contributed by atoms with Gasteiger partial charge in [0.05, 0.1) is 5.75 Å². The highest BCUT2D eigenvalue weighted by Gasteiger charge is 2.04. The smallest absolute Gasteiger partial charge is 0.132 e. The fraction of sp³-hybridized carbons (Fsp3) is 0.333. The molecule has 0 aliphatic rings. The molecular weight excluding hydrogens is 272 g/mol. The number of aryl methyl sites for hydroxylation is 2. The maximum Gasteiger partial charge on any atom is 0.132 e. The Morgan fingerprint density at radius 2 is 2.11 bits per heavy atom. The number of H-pyrrole nitrogens is 1. The standard InChI is InChI=1S/C15H18N2S2/c1-4-13-11(3)15(18)17-14(16-13)9-19-12-7-5-6-10(2)8-12/h5-8H,4,9H2,1-3H3,(H,16,17,18). The Kier molecular flexibility index (Phi) is 4.77. The first-order valence-electron chi connectivity index (χ1n) is 6.38. The van der Waals surface area contributed by atoms with Crippen LogP contribution in [0.25, 0.3) is 0 Å². The molecule has 0 spiro atoms. The van der Waals surface area contributed by atoms with Crippen molar-refractivity contribution < 1.29 is 0 Å². The monoisotopic (exact) mass is 290 g/mol. The van der Waals surface area contributed by atoms with Gasteiger partial charge in [0.1, 0.15) is 10.5 Å². The Labute approximate surface area is 123 Å². The van der Waals surface area contributed by atoms with E-state index < -0.39 is 0 Å². The van der Waals surface area contributed by atoms with Crippen LogP contribution in [-0.4, -0.2) is 9.97 Å². The highest BCUT2D eigenvalue weighted by Crippen LogP contribution is 2.22. The minimum absolute atomic E-state index is 0.718. The summed E-state index contributed by atoms with van der Waals surface area (Å²) in [6.45, 7) is 6.27. The topological polar surface area (TPSA) is 28.7 Å². The lowest BCUT2D eigenvalue weighted by atomic mass is 10.2. The molecule has 0 fully saturated rings. The number of aromatic amines is 1. The minimum Gasteiger partial charge on any atom is -0.346 e. The fourth-order valence-electron chi connectivity index (χ4n) is 1.91. The van der Waals surface area contributed by atoms with Crippen molar-refractivity contribution in [3.63, 3.8) is 0 Å². The highest BCUT2D eigenvalue weighted by atomic mass is 32.2. The van der Waals surface area contributed by atoms with Crippen molar-refractivity contribution in [3.8, 4) is 0 Å².